The number of nitrogens with one attached hydrogen (secondary N) is 1. The molecule has 0 aliphatic carbocycles. The maximum Gasteiger partial charge on any atom is 0.230 e. The molecule has 1 N–H and O–H groups in total. The first-order valence-electron chi connectivity index (χ1n) is 8.95. The zero-order valence-corrected chi connectivity index (χ0v) is 17.1. The zero-order valence-electron chi connectivity index (χ0n) is 15.5. The largest absolute Gasteiger partial charge is 0.344 e. The van der Waals surface area contributed by atoms with Gasteiger partial charge in [-0.1, -0.05) is 77.8 Å². The highest BCUT2D eigenvalue weighted by Gasteiger charge is 2.17. The number of hydrogen-bond acceptors (Lipinski definition) is 2. The molecule has 0 radical (unpaired) electrons. The van der Waals surface area contributed by atoms with Gasteiger partial charge in [0.15, 0.2) is 0 Å². The van der Waals surface area contributed by atoms with Crippen molar-refractivity contribution in [2.75, 3.05) is 5.75 Å². The summed E-state index contributed by atoms with van der Waals surface area (Å²) >= 11 is 7.15. The molecule has 0 heterocycles. The second kappa shape index (κ2) is 9.76. The molecule has 28 heavy (non-hydrogen) atoms. The molecule has 1 atom stereocenters. The van der Waals surface area contributed by atoms with E-state index >= 15 is 0 Å². The van der Waals surface area contributed by atoms with Crippen LogP contribution in [-0.4, -0.2) is 11.7 Å². The molecule has 3 aromatic rings. The van der Waals surface area contributed by atoms with Crippen molar-refractivity contribution in [2.45, 2.75) is 18.7 Å². The Morgan fingerprint density at radius 2 is 1.79 bits per heavy atom. The van der Waals surface area contributed by atoms with Crippen molar-refractivity contribution in [3.63, 3.8) is 0 Å². The van der Waals surface area contributed by atoms with Gasteiger partial charge >= 0.3 is 0 Å². The van der Waals surface area contributed by atoms with Crippen molar-refractivity contribution in [1.82, 2.24) is 5.32 Å². The lowest BCUT2D eigenvalue weighted by atomic mass is 9.97. The van der Waals surface area contributed by atoms with Crippen molar-refractivity contribution in [3.05, 3.63) is 106 Å². The fraction of sp³-hybridized carbons (Fsp3) is 0.174. The SMILES string of the molecule is Cc1cccc([C@@H](NC(=O)CSCc2ccc(Cl)cc2F)c2ccccc2)c1. The number of carbonyl (C=O) groups excluding carboxylic acids is 1. The Hall–Kier alpha value is -2.30. The van der Waals surface area contributed by atoms with Crippen LogP contribution in [-0.2, 0) is 10.5 Å². The standard InChI is InChI=1S/C23H21ClFNOS/c1-16-6-5-9-18(12-16)23(17-7-3-2-4-8-17)26-22(27)15-28-14-19-10-11-20(24)13-21(19)25/h2-13,23H,14-15H2,1H3,(H,26,27)/t23-/m0/s1. The van der Waals surface area contributed by atoms with Crippen LogP contribution in [0.1, 0.15) is 28.3 Å². The fourth-order valence-corrected chi connectivity index (χ4v) is 3.93. The third kappa shape index (κ3) is 5.60. The Morgan fingerprint density at radius 1 is 1.04 bits per heavy atom. The van der Waals surface area contributed by atoms with E-state index in [1.54, 1.807) is 12.1 Å². The van der Waals surface area contributed by atoms with Crippen molar-refractivity contribution in [2.24, 2.45) is 0 Å². The number of amides is 1. The van der Waals surface area contributed by atoms with Crippen LogP contribution >= 0.6 is 23.4 Å². The molecule has 0 aliphatic rings. The van der Waals surface area contributed by atoms with Crippen molar-refractivity contribution in [3.8, 4) is 0 Å². The second-order valence-corrected chi connectivity index (χ2v) is 7.98. The summed E-state index contributed by atoms with van der Waals surface area (Å²) in [5.41, 5.74) is 3.74. The molecule has 3 aromatic carbocycles. The van der Waals surface area contributed by atoms with Crippen LogP contribution in [0.25, 0.3) is 0 Å². The molecule has 0 saturated carbocycles. The lowest BCUT2D eigenvalue weighted by Crippen LogP contribution is -2.30. The molecule has 0 saturated heterocycles. The molecule has 0 spiro atoms. The Morgan fingerprint density at radius 3 is 2.50 bits per heavy atom. The van der Waals surface area contributed by atoms with Gasteiger partial charge in [0.1, 0.15) is 5.82 Å². The van der Waals surface area contributed by atoms with Gasteiger partial charge in [0, 0.05) is 10.8 Å². The molecular weight excluding hydrogens is 393 g/mol. The summed E-state index contributed by atoms with van der Waals surface area (Å²) in [6.07, 6.45) is 0. The first kappa shape index (κ1) is 20.4. The average molecular weight is 414 g/mol. The summed E-state index contributed by atoms with van der Waals surface area (Å²) in [5.74, 6) is 0.228. The van der Waals surface area contributed by atoms with Gasteiger partial charge in [-0.05, 0) is 35.7 Å². The van der Waals surface area contributed by atoms with E-state index in [0.29, 0.717) is 16.3 Å². The van der Waals surface area contributed by atoms with E-state index in [9.17, 15) is 9.18 Å². The summed E-state index contributed by atoms with van der Waals surface area (Å²) in [7, 11) is 0. The number of aryl methyl sites for hydroxylation is 1. The van der Waals surface area contributed by atoms with Crippen LogP contribution in [0, 0.1) is 12.7 Å². The van der Waals surface area contributed by atoms with Crippen molar-refractivity contribution < 1.29 is 9.18 Å². The zero-order chi connectivity index (χ0) is 19.9. The number of rotatable bonds is 7. The van der Waals surface area contributed by atoms with E-state index in [4.69, 9.17) is 11.6 Å². The highest BCUT2D eigenvalue weighted by molar-refractivity contribution is 7.99. The Bertz CT molecular complexity index is 948. The third-order valence-corrected chi connectivity index (χ3v) is 5.54. The smallest absolute Gasteiger partial charge is 0.230 e. The molecule has 0 aromatic heterocycles. The van der Waals surface area contributed by atoms with Gasteiger partial charge in [-0.15, -0.1) is 11.8 Å². The Labute approximate surface area is 174 Å². The number of halogens is 2. The van der Waals surface area contributed by atoms with Gasteiger partial charge in [0.2, 0.25) is 5.91 Å². The number of hydrogen-bond donors (Lipinski definition) is 1. The first-order valence-corrected chi connectivity index (χ1v) is 10.5. The van der Waals surface area contributed by atoms with Crippen LogP contribution in [0.2, 0.25) is 5.02 Å². The Balaban J connectivity index is 1.66. The van der Waals surface area contributed by atoms with Crippen LogP contribution in [0.3, 0.4) is 0 Å². The normalized spacial score (nSPS) is 11.8. The molecular formula is C23H21ClFNOS. The number of carbonyl (C=O) groups is 1. The van der Waals surface area contributed by atoms with Crippen molar-refractivity contribution in [1.29, 1.82) is 0 Å². The van der Waals surface area contributed by atoms with Gasteiger partial charge in [-0.2, -0.15) is 0 Å². The van der Waals surface area contributed by atoms with Crippen LogP contribution in [0.5, 0.6) is 0 Å². The minimum Gasteiger partial charge on any atom is -0.344 e. The van der Waals surface area contributed by atoms with E-state index in [2.05, 4.69) is 11.4 Å². The minimum absolute atomic E-state index is 0.0882. The summed E-state index contributed by atoms with van der Waals surface area (Å²) in [4.78, 5) is 12.6. The van der Waals surface area contributed by atoms with E-state index in [-0.39, 0.29) is 23.5 Å². The lowest BCUT2D eigenvalue weighted by Gasteiger charge is -2.20. The predicted octanol–water partition coefficient (Wildman–Crippen LogP) is 5.93. The van der Waals surface area contributed by atoms with Crippen LogP contribution in [0.4, 0.5) is 4.39 Å². The minimum atomic E-state index is -0.345. The summed E-state index contributed by atoms with van der Waals surface area (Å²) < 4.78 is 13.9. The molecule has 2 nitrogen and oxygen atoms in total. The molecule has 1 amide bonds. The highest BCUT2D eigenvalue weighted by Crippen LogP contribution is 2.24. The number of thioether (sulfide) groups is 1. The first-order chi connectivity index (χ1) is 13.5. The summed E-state index contributed by atoms with van der Waals surface area (Å²) in [6, 6.07) is 22.4. The van der Waals surface area contributed by atoms with Crippen LogP contribution < -0.4 is 5.32 Å². The van der Waals surface area contributed by atoms with E-state index < -0.39 is 0 Å². The maximum absolute atomic E-state index is 13.9. The van der Waals surface area contributed by atoms with E-state index in [0.717, 1.165) is 16.7 Å². The van der Waals surface area contributed by atoms with E-state index in [1.165, 1.54) is 17.8 Å². The third-order valence-electron chi connectivity index (χ3n) is 4.32. The molecule has 0 unspecified atom stereocenters. The summed E-state index contributed by atoms with van der Waals surface area (Å²) in [5, 5.41) is 3.48. The molecule has 0 fully saturated rings. The monoisotopic (exact) mass is 413 g/mol. The fourth-order valence-electron chi connectivity index (χ4n) is 2.95. The molecule has 5 heteroatoms. The molecule has 0 aliphatic heterocycles. The molecule has 0 bridgehead atoms. The second-order valence-electron chi connectivity index (χ2n) is 6.55. The van der Waals surface area contributed by atoms with Gasteiger partial charge < -0.3 is 5.32 Å². The lowest BCUT2D eigenvalue weighted by molar-refractivity contribution is -0.119. The molecule has 3 rings (SSSR count). The average Bonchev–Trinajstić information content (AvgIpc) is 2.68. The van der Waals surface area contributed by atoms with Gasteiger partial charge in [0.05, 0.1) is 11.8 Å². The predicted molar refractivity (Wildman–Crippen MR) is 115 cm³/mol. The van der Waals surface area contributed by atoms with Crippen molar-refractivity contribution >= 4 is 29.3 Å². The van der Waals surface area contributed by atoms with Gasteiger partial charge in [0.25, 0.3) is 0 Å². The Kier molecular flexibility index (Phi) is 7.12. The van der Waals surface area contributed by atoms with E-state index in [1.807, 2.05) is 55.5 Å². The van der Waals surface area contributed by atoms with Crippen LogP contribution in [0.15, 0.2) is 72.8 Å². The van der Waals surface area contributed by atoms with Gasteiger partial charge in [-0.25, -0.2) is 4.39 Å². The molecule has 144 valence electrons. The number of benzene rings is 3. The topological polar surface area (TPSA) is 29.1 Å². The highest BCUT2D eigenvalue weighted by atomic mass is 35.5. The quantitative estimate of drug-likeness (QED) is 0.520. The summed E-state index contributed by atoms with van der Waals surface area (Å²) in [6.45, 7) is 2.03. The maximum atomic E-state index is 13.9. The van der Waals surface area contributed by atoms with Gasteiger partial charge in [-0.3, -0.25) is 4.79 Å².